The minimum Gasteiger partial charge on any atom is -0.396 e. The third-order valence-corrected chi connectivity index (χ3v) is 3.58. The van der Waals surface area contributed by atoms with E-state index in [1.807, 2.05) is 0 Å². The maximum Gasteiger partial charge on any atom is 0.330 e. The van der Waals surface area contributed by atoms with Crippen LogP contribution in [0.4, 0.5) is 0 Å². The van der Waals surface area contributed by atoms with Crippen LogP contribution >= 0.6 is 0 Å². The van der Waals surface area contributed by atoms with Crippen LogP contribution in [0, 0.1) is 12.8 Å². The van der Waals surface area contributed by atoms with Gasteiger partial charge in [-0.1, -0.05) is 0 Å². The zero-order valence-electron chi connectivity index (χ0n) is 11.3. The monoisotopic (exact) mass is 286 g/mol. The molecule has 112 valence electrons. The lowest BCUT2D eigenvalue weighted by molar-refractivity contribution is -0.0626. The molecule has 1 aliphatic heterocycles. The van der Waals surface area contributed by atoms with Crippen molar-refractivity contribution in [1.82, 2.24) is 9.55 Å². The second-order valence-electron chi connectivity index (χ2n) is 4.77. The molecule has 1 aliphatic rings. The highest BCUT2D eigenvalue weighted by molar-refractivity contribution is 5.03. The predicted octanol–water partition coefficient (Wildman–Crippen LogP) is -1.64. The maximum absolute atomic E-state index is 11.9. The summed E-state index contributed by atoms with van der Waals surface area (Å²) in [6.45, 7) is 1.04. The molecule has 1 aromatic heterocycles. The van der Waals surface area contributed by atoms with E-state index in [1.165, 1.54) is 17.9 Å². The van der Waals surface area contributed by atoms with E-state index < -0.39 is 35.6 Å². The van der Waals surface area contributed by atoms with Gasteiger partial charge in [0.1, 0.15) is 6.10 Å². The fraction of sp³-hybridized carbons (Fsp3) is 0.667. The summed E-state index contributed by atoms with van der Waals surface area (Å²) in [5, 5.41) is 18.7. The summed E-state index contributed by atoms with van der Waals surface area (Å²) in [5.41, 5.74) is -0.727. The van der Waals surface area contributed by atoms with E-state index in [-0.39, 0.29) is 13.2 Å². The predicted molar refractivity (Wildman–Crippen MR) is 68.4 cm³/mol. The average Bonchev–Trinajstić information content (AvgIpc) is 2.80. The second-order valence-corrected chi connectivity index (χ2v) is 4.77. The Kier molecular flexibility index (Phi) is 4.39. The van der Waals surface area contributed by atoms with Crippen molar-refractivity contribution in [2.45, 2.75) is 25.4 Å². The van der Waals surface area contributed by atoms with Crippen molar-refractivity contribution in [3.63, 3.8) is 0 Å². The van der Waals surface area contributed by atoms with E-state index in [1.54, 1.807) is 6.92 Å². The van der Waals surface area contributed by atoms with Gasteiger partial charge in [-0.05, 0) is 6.92 Å². The highest BCUT2D eigenvalue weighted by Crippen LogP contribution is 2.34. The Morgan fingerprint density at radius 3 is 2.65 bits per heavy atom. The summed E-state index contributed by atoms with van der Waals surface area (Å²) in [6.07, 6.45) is -0.655. The number of nitrogens with zero attached hydrogens (tertiary/aromatic N) is 1. The zero-order valence-corrected chi connectivity index (χ0v) is 11.3. The van der Waals surface area contributed by atoms with Gasteiger partial charge in [-0.15, -0.1) is 0 Å². The molecular formula is C12H18N2O6. The van der Waals surface area contributed by atoms with Crippen molar-refractivity contribution in [3.05, 3.63) is 32.6 Å². The molecule has 0 amide bonds. The minimum atomic E-state index is -0.808. The summed E-state index contributed by atoms with van der Waals surface area (Å²) in [5.74, 6) is -0.450. The molecule has 0 bridgehead atoms. The molecule has 4 atom stereocenters. The van der Waals surface area contributed by atoms with Crippen molar-refractivity contribution in [3.8, 4) is 0 Å². The van der Waals surface area contributed by atoms with Crippen LogP contribution in [0.3, 0.4) is 0 Å². The summed E-state index contributed by atoms with van der Waals surface area (Å²) in [6, 6.07) is 0. The molecule has 8 heteroatoms. The number of aliphatic hydroxyl groups is 2. The summed E-state index contributed by atoms with van der Waals surface area (Å²) < 4.78 is 12.1. The van der Waals surface area contributed by atoms with Crippen molar-refractivity contribution < 1.29 is 19.7 Å². The highest BCUT2D eigenvalue weighted by Gasteiger charge is 2.45. The number of nitrogens with one attached hydrogen (secondary N) is 1. The molecular weight excluding hydrogens is 268 g/mol. The van der Waals surface area contributed by atoms with Crippen LogP contribution in [0.15, 0.2) is 15.8 Å². The van der Waals surface area contributed by atoms with Crippen LogP contribution in [0.2, 0.25) is 0 Å². The van der Waals surface area contributed by atoms with E-state index in [4.69, 9.17) is 9.47 Å². The van der Waals surface area contributed by atoms with E-state index in [9.17, 15) is 19.8 Å². The van der Waals surface area contributed by atoms with Gasteiger partial charge in [0.05, 0.1) is 19.3 Å². The van der Waals surface area contributed by atoms with E-state index in [2.05, 4.69) is 4.98 Å². The van der Waals surface area contributed by atoms with Crippen molar-refractivity contribution in [2.24, 2.45) is 5.92 Å². The van der Waals surface area contributed by atoms with Gasteiger partial charge in [0.2, 0.25) is 0 Å². The Labute approximate surface area is 114 Å². The first kappa shape index (κ1) is 14.9. The number of aromatic nitrogens is 2. The fourth-order valence-electron chi connectivity index (χ4n) is 2.47. The first-order chi connectivity index (χ1) is 9.53. The molecule has 3 N–H and O–H groups in total. The fourth-order valence-corrected chi connectivity index (χ4v) is 2.47. The Hall–Kier alpha value is -1.48. The lowest BCUT2D eigenvalue weighted by Crippen LogP contribution is -2.38. The lowest BCUT2D eigenvalue weighted by Gasteiger charge is -2.22. The van der Waals surface area contributed by atoms with Crippen LogP contribution in [0.25, 0.3) is 0 Å². The summed E-state index contributed by atoms with van der Waals surface area (Å²) >= 11 is 0. The van der Waals surface area contributed by atoms with Gasteiger partial charge < -0.3 is 19.7 Å². The number of aliphatic hydroxyl groups excluding tert-OH is 2. The van der Waals surface area contributed by atoms with Crippen molar-refractivity contribution in [1.29, 1.82) is 0 Å². The largest absolute Gasteiger partial charge is 0.396 e. The van der Waals surface area contributed by atoms with Gasteiger partial charge >= 0.3 is 5.69 Å². The number of aryl methyl sites for hydroxylation is 1. The van der Waals surface area contributed by atoms with Crippen LogP contribution in [0.5, 0.6) is 0 Å². The highest BCUT2D eigenvalue weighted by atomic mass is 16.6. The average molecular weight is 286 g/mol. The third-order valence-electron chi connectivity index (χ3n) is 3.58. The maximum atomic E-state index is 11.9. The first-order valence-electron chi connectivity index (χ1n) is 6.25. The molecule has 0 spiro atoms. The lowest BCUT2D eigenvalue weighted by atomic mass is 9.99. The van der Waals surface area contributed by atoms with Gasteiger partial charge in [0.25, 0.3) is 5.56 Å². The number of ether oxygens (including phenoxy) is 2. The van der Waals surface area contributed by atoms with Crippen LogP contribution in [0.1, 0.15) is 11.8 Å². The molecule has 0 saturated carbocycles. The standard InChI is InChI=1S/C12H18N2O6/c1-6-3-14(12(18)13-10(6)17)11-9(19-2)7(4-15)8(5-16)20-11/h3,7-9,11,15-16H,4-5H2,1-2H3,(H,13,17,18)/t7?,8-,9?,11-/m1/s1. The molecule has 1 saturated heterocycles. The molecule has 2 heterocycles. The smallest absolute Gasteiger partial charge is 0.330 e. The van der Waals surface area contributed by atoms with Gasteiger partial charge in [-0.3, -0.25) is 14.3 Å². The van der Waals surface area contributed by atoms with E-state index in [0.29, 0.717) is 5.56 Å². The Morgan fingerprint density at radius 2 is 2.10 bits per heavy atom. The molecule has 8 nitrogen and oxygen atoms in total. The van der Waals surface area contributed by atoms with Crippen molar-refractivity contribution >= 4 is 0 Å². The number of rotatable bonds is 4. The molecule has 0 aromatic carbocycles. The zero-order chi connectivity index (χ0) is 14.9. The first-order valence-corrected chi connectivity index (χ1v) is 6.25. The van der Waals surface area contributed by atoms with Gasteiger partial charge in [-0.25, -0.2) is 4.79 Å². The Morgan fingerprint density at radius 1 is 1.40 bits per heavy atom. The number of hydrogen-bond acceptors (Lipinski definition) is 6. The van der Waals surface area contributed by atoms with E-state index >= 15 is 0 Å². The number of H-pyrrole nitrogens is 1. The molecule has 2 rings (SSSR count). The van der Waals surface area contributed by atoms with Gasteiger partial charge in [0, 0.05) is 24.8 Å². The summed E-state index contributed by atoms with van der Waals surface area (Å²) in [4.78, 5) is 25.4. The quantitative estimate of drug-likeness (QED) is 0.611. The Balaban J connectivity index is 2.44. The minimum absolute atomic E-state index is 0.239. The summed E-state index contributed by atoms with van der Waals surface area (Å²) in [7, 11) is 1.44. The molecule has 1 fully saturated rings. The molecule has 2 unspecified atom stereocenters. The molecule has 1 aromatic rings. The molecule has 20 heavy (non-hydrogen) atoms. The van der Waals surface area contributed by atoms with Gasteiger partial charge in [0.15, 0.2) is 6.23 Å². The van der Waals surface area contributed by atoms with Crippen LogP contribution in [-0.4, -0.2) is 52.3 Å². The van der Waals surface area contributed by atoms with E-state index in [0.717, 1.165) is 0 Å². The Bertz CT molecular complexity index is 580. The third kappa shape index (κ3) is 2.42. The van der Waals surface area contributed by atoms with Crippen molar-refractivity contribution in [2.75, 3.05) is 20.3 Å². The topological polar surface area (TPSA) is 114 Å². The number of hydrogen-bond donors (Lipinski definition) is 3. The number of methoxy groups -OCH3 is 1. The SMILES string of the molecule is COC1C(CO)[C@@H](CO)O[C@H]1n1cc(C)c(=O)[nH]c1=O. The van der Waals surface area contributed by atoms with Crippen LogP contribution in [-0.2, 0) is 9.47 Å². The van der Waals surface area contributed by atoms with Crippen LogP contribution < -0.4 is 11.2 Å². The number of aromatic amines is 1. The second kappa shape index (κ2) is 5.88. The normalized spacial score (nSPS) is 29.8. The molecule has 0 aliphatic carbocycles. The van der Waals surface area contributed by atoms with Gasteiger partial charge in [-0.2, -0.15) is 0 Å². The molecule has 0 radical (unpaired) electrons.